The third-order valence-electron chi connectivity index (χ3n) is 8.50. The molecule has 3 fully saturated rings. The van der Waals surface area contributed by atoms with Gasteiger partial charge >= 0.3 is 0 Å². The third-order valence-corrected chi connectivity index (χ3v) is 8.50. The predicted octanol–water partition coefficient (Wildman–Crippen LogP) is 7.83. The van der Waals surface area contributed by atoms with Crippen LogP contribution in [0.3, 0.4) is 0 Å². The zero-order valence-corrected chi connectivity index (χ0v) is 20.2. The largest absolute Gasteiger partial charge is 0.375 e. The molecule has 0 aromatic carbocycles. The van der Waals surface area contributed by atoms with Gasteiger partial charge in [0.1, 0.15) is 0 Å². The van der Waals surface area contributed by atoms with Crippen LogP contribution in [-0.2, 0) is 9.47 Å². The molecule has 4 atom stereocenters. The highest BCUT2D eigenvalue weighted by molar-refractivity contribution is 4.90. The Hall–Kier alpha value is -0.220. The highest BCUT2D eigenvalue weighted by atomic mass is 19.2. The number of alkyl halides is 2. The molecule has 0 heterocycles. The van der Waals surface area contributed by atoms with Crippen LogP contribution in [0.15, 0.2) is 0 Å². The fraction of sp³-hybridized carbons (Fsp3) is 1.00. The second kappa shape index (κ2) is 13.5. The minimum atomic E-state index is -1.54. The minimum absolute atomic E-state index is 0.507. The first-order chi connectivity index (χ1) is 15.1. The van der Waals surface area contributed by atoms with Crippen LogP contribution in [0, 0.1) is 23.7 Å². The summed E-state index contributed by atoms with van der Waals surface area (Å²) in [6.07, 6.45) is 14.1. The molecule has 3 aliphatic rings. The monoisotopic (exact) mass is 442 g/mol. The predicted molar refractivity (Wildman–Crippen MR) is 124 cm³/mol. The van der Waals surface area contributed by atoms with E-state index >= 15 is 0 Å². The van der Waals surface area contributed by atoms with Gasteiger partial charge in [-0.15, -0.1) is 0 Å². The van der Waals surface area contributed by atoms with Crippen molar-refractivity contribution in [2.24, 2.45) is 23.7 Å². The summed E-state index contributed by atoms with van der Waals surface area (Å²) in [5, 5.41) is 0. The summed E-state index contributed by atoms with van der Waals surface area (Å²) in [5.41, 5.74) is 0. The van der Waals surface area contributed by atoms with Gasteiger partial charge in [-0.2, -0.15) is 0 Å². The van der Waals surface area contributed by atoms with Gasteiger partial charge in [0.2, 0.25) is 0 Å². The van der Waals surface area contributed by atoms with Gasteiger partial charge in [0.25, 0.3) is 0 Å². The molecule has 4 heteroatoms. The molecule has 0 aliphatic heterocycles. The van der Waals surface area contributed by atoms with Crippen molar-refractivity contribution < 1.29 is 18.3 Å². The minimum Gasteiger partial charge on any atom is -0.375 e. The van der Waals surface area contributed by atoms with Crippen LogP contribution in [-0.4, -0.2) is 37.8 Å². The van der Waals surface area contributed by atoms with Gasteiger partial charge in [0.15, 0.2) is 12.3 Å². The molecule has 3 saturated carbocycles. The van der Waals surface area contributed by atoms with E-state index in [1.807, 2.05) is 6.92 Å². The first-order valence-electron chi connectivity index (χ1n) is 13.6. The van der Waals surface area contributed by atoms with Crippen molar-refractivity contribution in [2.75, 3.05) is 13.2 Å². The summed E-state index contributed by atoms with van der Waals surface area (Å²) in [4.78, 5) is 0. The molecule has 182 valence electrons. The van der Waals surface area contributed by atoms with Gasteiger partial charge < -0.3 is 9.47 Å². The maximum atomic E-state index is 14.5. The fourth-order valence-corrected chi connectivity index (χ4v) is 6.39. The number of unbranched alkanes of at least 4 members (excludes halogenated alkanes) is 2. The smallest absolute Gasteiger partial charge is 0.160 e. The Balaban J connectivity index is 1.30. The van der Waals surface area contributed by atoms with Crippen molar-refractivity contribution in [1.29, 1.82) is 0 Å². The lowest BCUT2D eigenvalue weighted by Crippen LogP contribution is -2.47. The lowest BCUT2D eigenvalue weighted by Gasteiger charge is -2.39. The van der Waals surface area contributed by atoms with Crippen molar-refractivity contribution in [2.45, 2.75) is 135 Å². The lowest BCUT2D eigenvalue weighted by molar-refractivity contribution is -0.123. The molecule has 31 heavy (non-hydrogen) atoms. The van der Waals surface area contributed by atoms with Gasteiger partial charge in [0.05, 0.1) is 12.2 Å². The van der Waals surface area contributed by atoms with Crippen LogP contribution >= 0.6 is 0 Å². The van der Waals surface area contributed by atoms with Crippen LogP contribution in [0.25, 0.3) is 0 Å². The van der Waals surface area contributed by atoms with E-state index < -0.39 is 24.6 Å². The molecule has 3 aliphatic carbocycles. The molecule has 4 unspecified atom stereocenters. The van der Waals surface area contributed by atoms with Crippen LogP contribution in [0.5, 0.6) is 0 Å². The summed E-state index contributed by atoms with van der Waals surface area (Å²) in [6, 6.07) is 0. The van der Waals surface area contributed by atoms with Crippen LogP contribution < -0.4 is 0 Å². The van der Waals surface area contributed by atoms with E-state index in [4.69, 9.17) is 9.47 Å². The van der Waals surface area contributed by atoms with E-state index in [-0.39, 0.29) is 0 Å². The van der Waals surface area contributed by atoms with E-state index in [9.17, 15) is 8.78 Å². The number of hydrogen-bond donors (Lipinski definition) is 0. The van der Waals surface area contributed by atoms with Crippen molar-refractivity contribution in [3.8, 4) is 0 Å². The highest BCUT2D eigenvalue weighted by Gasteiger charge is 2.42. The van der Waals surface area contributed by atoms with E-state index in [1.54, 1.807) is 0 Å². The molecule has 0 amide bonds. The molecule has 2 nitrogen and oxygen atoms in total. The normalized spacial score (nSPS) is 39.5. The first-order valence-corrected chi connectivity index (χ1v) is 13.6. The van der Waals surface area contributed by atoms with Gasteiger partial charge in [0, 0.05) is 13.2 Å². The average molecular weight is 443 g/mol. The molecule has 0 saturated heterocycles. The van der Waals surface area contributed by atoms with Gasteiger partial charge in [-0.3, -0.25) is 0 Å². The Bertz CT molecular complexity index is 472. The third kappa shape index (κ3) is 7.66. The van der Waals surface area contributed by atoms with Crippen LogP contribution in [0.2, 0.25) is 0 Å². The number of halogens is 2. The van der Waals surface area contributed by atoms with E-state index in [2.05, 4.69) is 6.92 Å². The SMILES string of the molecule is CCCCCC1CCC(C2CCC(COC3CCC(OCCC)C(F)C3F)CC2)CC1. The zero-order chi connectivity index (χ0) is 22.1. The van der Waals surface area contributed by atoms with Gasteiger partial charge in [-0.05, 0) is 81.5 Å². The maximum absolute atomic E-state index is 14.5. The molecule has 0 N–H and O–H groups in total. The number of rotatable bonds is 11. The Kier molecular flexibility index (Phi) is 11.0. The van der Waals surface area contributed by atoms with E-state index in [1.165, 1.54) is 77.0 Å². The molecule has 3 rings (SSSR count). The summed E-state index contributed by atoms with van der Waals surface area (Å²) >= 11 is 0. The van der Waals surface area contributed by atoms with E-state index in [0.717, 1.165) is 24.2 Å². The Morgan fingerprint density at radius 2 is 1.16 bits per heavy atom. The number of hydrogen-bond acceptors (Lipinski definition) is 2. The van der Waals surface area contributed by atoms with Gasteiger partial charge in [-0.25, -0.2) is 8.78 Å². The topological polar surface area (TPSA) is 18.5 Å². The van der Waals surface area contributed by atoms with Crippen molar-refractivity contribution in [3.05, 3.63) is 0 Å². The maximum Gasteiger partial charge on any atom is 0.160 e. The molecule has 0 bridgehead atoms. The second-order valence-electron chi connectivity index (χ2n) is 10.8. The summed E-state index contributed by atoms with van der Waals surface area (Å²) in [6.45, 7) is 5.39. The first kappa shape index (κ1) is 25.4. The molecule has 0 spiro atoms. The molecular formula is C27H48F2O2. The Morgan fingerprint density at radius 1 is 0.613 bits per heavy atom. The van der Waals surface area contributed by atoms with Crippen molar-refractivity contribution >= 4 is 0 Å². The zero-order valence-electron chi connectivity index (χ0n) is 20.2. The van der Waals surface area contributed by atoms with Gasteiger partial charge in [-0.1, -0.05) is 52.4 Å². The molecular weight excluding hydrogens is 394 g/mol. The fourth-order valence-electron chi connectivity index (χ4n) is 6.39. The highest BCUT2D eigenvalue weighted by Crippen LogP contribution is 2.42. The molecule has 0 aromatic rings. The summed E-state index contributed by atoms with van der Waals surface area (Å²) in [5.74, 6) is 3.34. The standard InChI is InChI=1S/C27H48F2O2/c1-3-5-6-7-20-8-12-22(13-9-20)23-14-10-21(11-15-23)19-31-25-17-16-24(30-18-4-2)26(28)27(25)29/h20-27H,3-19H2,1-2H3. The quantitative estimate of drug-likeness (QED) is 0.304. The van der Waals surface area contributed by atoms with Crippen molar-refractivity contribution in [3.63, 3.8) is 0 Å². The second-order valence-corrected chi connectivity index (χ2v) is 10.8. The molecule has 0 aromatic heterocycles. The lowest BCUT2D eigenvalue weighted by atomic mass is 9.69. The number of ether oxygens (including phenoxy) is 2. The van der Waals surface area contributed by atoms with Crippen LogP contribution in [0.1, 0.15) is 110 Å². The average Bonchev–Trinajstić information content (AvgIpc) is 2.80. The Labute approximate surface area is 190 Å². The van der Waals surface area contributed by atoms with Crippen LogP contribution in [0.4, 0.5) is 8.78 Å². The van der Waals surface area contributed by atoms with E-state index in [0.29, 0.717) is 32.0 Å². The Morgan fingerprint density at radius 3 is 1.71 bits per heavy atom. The molecule has 0 radical (unpaired) electrons. The summed E-state index contributed by atoms with van der Waals surface area (Å²) in [7, 11) is 0. The summed E-state index contributed by atoms with van der Waals surface area (Å²) < 4.78 is 40.3. The van der Waals surface area contributed by atoms with Crippen molar-refractivity contribution in [1.82, 2.24) is 0 Å².